The third-order valence-corrected chi connectivity index (χ3v) is 6.01. The number of rotatable bonds is 3. The normalized spacial score (nSPS) is 18.2. The van der Waals surface area contributed by atoms with Gasteiger partial charge in [0.15, 0.2) is 0 Å². The quantitative estimate of drug-likeness (QED) is 0.942. The number of sulfonamides is 1. The average Bonchev–Trinajstić information content (AvgIpc) is 2.47. The van der Waals surface area contributed by atoms with Crippen molar-refractivity contribution in [2.45, 2.75) is 22.3 Å². The number of nitrogens with one attached hydrogen (secondary N) is 1. The third kappa shape index (κ3) is 2.97. The van der Waals surface area contributed by atoms with E-state index in [2.05, 4.69) is 4.72 Å². The number of thioether (sulfide) groups is 1. The molecule has 110 valence electrons. The third-order valence-electron chi connectivity index (χ3n) is 3.38. The van der Waals surface area contributed by atoms with Crippen molar-refractivity contribution in [1.29, 1.82) is 0 Å². The SMILES string of the molecule is O=S(=O)(NC1CCSc2ccccc21)c1ccccc1F. The van der Waals surface area contributed by atoms with Crippen molar-refractivity contribution in [2.75, 3.05) is 5.75 Å². The Bertz CT molecular complexity index is 762. The molecule has 0 saturated heterocycles. The molecule has 1 N–H and O–H groups in total. The minimum Gasteiger partial charge on any atom is -0.207 e. The molecular formula is C15H14FNO2S2. The summed E-state index contributed by atoms with van der Waals surface area (Å²) in [4.78, 5) is 0.769. The molecule has 1 aliphatic heterocycles. The lowest BCUT2D eigenvalue weighted by Crippen LogP contribution is -2.31. The van der Waals surface area contributed by atoms with Gasteiger partial charge in [0, 0.05) is 10.9 Å². The van der Waals surface area contributed by atoms with Crippen molar-refractivity contribution >= 4 is 21.8 Å². The smallest absolute Gasteiger partial charge is 0.207 e. The highest BCUT2D eigenvalue weighted by atomic mass is 32.2. The summed E-state index contributed by atoms with van der Waals surface area (Å²) < 4.78 is 41.1. The molecule has 0 bridgehead atoms. The van der Waals surface area contributed by atoms with Crippen LogP contribution in [0.3, 0.4) is 0 Å². The largest absolute Gasteiger partial charge is 0.244 e. The van der Waals surface area contributed by atoms with E-state index in [1.807, 2.05) is 24.3 Å². The molecular weight excluding hydrogens is 309 g/mol. The van der Waals surface area contributed by atoms with E-state index in [1.54, 1.807) is 11.8 Å². The minimum atomic E-state index is -3.87. The summed E-state index contributed by atoms with van der Waals surface area (Å²) in [6.45, 7) is 0. The van der Waals surface area contributed by atoms with Crippen LogP contribution >= 0.6 is 11.8 Å². The molecule has 0 spiro atoms. The van der Waals surface area contributed by atoms with E-state index in [-0.39, 0.29) is 10.9 Å². The van der Waals surface area contributed by atoms with Crippen molar-refractivity contribution in [3.05, 3.63) is 59.9 Å². The summed E-state index contributed by atoms with van der Waals surface area (Å²) in [5.74, 6) is 0.102. The predicted molar refractivity (Wildman–Crippen MR) is 81.2 cm³/mol. The van der Waals surface area contributed by atoms with Gasteiger partial charge >= 0.3 is 0 Å². The van der Waals surface area contributed by atoms with Crippen LogP contribution in [-0.4, -0.2) is 14.2 Å². The van der Waals surface area contributed by atoms with Gasteiger partial charge in [-0.15, -0.1) is 11.8 Å². The first kappa shape index (κ1) is 14.6. The topological polar surface area (TPSA) is 46.2 Å². The lowest BCUT2D eigenvalue weighted by atomic mass is 10.1. The van der Waals surface area contributed by atoms with Crippen LogP contribution < -0.4 is 4.72 Å². The zero-order chi connectivity index (χ0) is 14.9. The van der Waals surface area contributed by atoms with Crippen molar-refractivity contribution in [2.24, 2.45) is 0 Å². The maximum absolute atomic E-state index is 13.7. The Kier molecular flexibility index (Phi) is 4.01. The first-order valence-corrected chi connectivity index (χ1v) is 9.03. The molecule has 1 heterocycles. The van der Waals surface area contributed by atoms with Gasteiger partial charge < -0.3 is 0 Å². The minimum absolute atomic E-state index is 0.305. The Morgan fingerprint density at radius 2 is 1.81 bits per heavy atom. The molecule has 2 aromatic rings. The van der Waals surface area contributed by atoms with Gasteiger partial charge in [0.25, 0.3) is 0 Å². The van der Waals surface area contributed by atoms with Crippen molar-refractivity contribution in [3.8, 4) is 0 Å². The maximum atomic E-state index is 13.7. The van der Waals surface area contributed by atoms with Gasteiger partial charge in [0.05, 0.1) is 0 Å². The van der Waals surface area contributed by atoms with Crippen LogP contribution in [0.4, 0.5) is 4.39 Å². The number of hydrogen-bond donors (Lipinski definition) is 1. The Morgan fingerprint density at radius 1 is 1.10 bits per heavy atom. The molecule has 1 aliphatic rings. The van der Waals surface area contributed by atoms with Crippen LogP contribution in [0.25, 0.3) is 0 Å². The number of halogens is 1. The van der Waals surface area contributed by atoms with Gasteiger partial charge in [0.2, 0.25) is 10.0 Å². The van der Waals surface area contributed by atoms with Crippen LogP contribution in [-0.2, 0) is 10.0 Å². The highest BCUT2D eigenvalue weighted by molar-refractivity contribution is 7.99. The summed E-state index contributed by atoms with van der Waals surface area (Å²) in [6.07, 6.45) is 0.690. The first-order valence-electron chi connectivity index (χ1n) is 6.56. The van der Waals surface area contributed by atoms with Crippen molar-refractivity contribution < 1.29 is 12.8 Å². The van der Waals surface area contributed by atoms with E-state index < -0.39 is 15.8 Å². The van der Waals surface area contributed by atoms with Crippen LogP contribution in [0, 0.1) is 5.82 Å². The van der Waals surface area contributed by atoms with Crippen LogP contribution in [0.2, 0.25) is 0 Å². The Morgan fingerprint density at radius 3 is 2.62 bits per heavy atom. The molecule has 0 radical (unpaired) electrons. The van der Waals surface area contributed by atoms with Crippen molar-refractivity contribution in [1.82, 2.24) is 4.72 Å². The number of fused-ring (bicyclic) bond motifs is 1. The lowest BCUT2D eigenvalue weighted by Gasteiger charge is -2.25. The van der Waals surface area contributed by atoms with Crippen molar-refractivity contribution in [3.63, 3.8) is 0 Å². The van der Waals surface area contributed by atoms with E-state index in [9.17, 15) is 12.8 Å². The van der Waals surface area contributed by atoms with Gasteiger partial charge in [-0.25, -0.2) is 17.5 Å². The molecule has 0 saturated carbocycles. The molecule has 1 unspecified atom stereocenters. The first-order chi connectivity index (χ1) is 10.1. The number of hydrogen-bond acceptors (Lipinski definition) is 3. The maximum Gasteiger partial charge on any atom is 0.244 e. The molecule has 1 atom stereocenters. The standard InChI is InChI=1S/C15H14FNO2S2/c16-12-6-2-4-8-15(12)21(18,19)17-13-9-10-20-14-7-3-1-5-11(13)14/h1-8,13,17H,9-10H2. The van der Waals surface area contributed by atoms with Gasteiger partial charge in [-0.05, 0) is 35.9 Å². The molecule has 0 aromatic heterocycles. The second-order valence-electron chi connectivity index (χ2n) is 4.78. The Balaban J connectivity index is 1.93. The summed E-state index contributed by atoms with van der Waals surface area (Å²) >= 11 is 1.71. The van der Waals surface area contributed by atoms with Gasteiger partial charge in [-0.2, -0.15) is 0 Å². The van der Waals surface area contributed by atoms with E-state index in [0.717, 1.165) is 22.3 Å². The van der Waals surface area contributed by atoms with Gasteiger partial charge in [-0.1, -0.05) is 30.3 Å². The lowest BCUT2D eigenvalue weighted by molar-refractivity contribution is 0.532. The highest BCUT2D eigenvalue weighted by Gasteiger charge is 2.27. The summed E-state index contributed by atoms with van der Waals surface area (Å²) in [6, 6.07) is 12.8. The van der Waals surface area contributed by atoms with Crippen LogP contribution in [0.15, 0.2) is 58.3 Å². The zero-order valence-electron chi connectivity index (χ0n) is 11.1. The van der Waals surface area contributed by atoms with E-state index >= 15 is 0 Å². The fourth-order valence-electron chi connectivity index (χ4n) is 2.38. The Hall–Kier alpha value is -1.37. The fraction of sp³-hybridized carbons (Fsp3) is 0.200. The molecule has 6 heteroatoms. The summed E-state index contributed by atoms with van der Waals surface area (Å²) in [5.41, 5.74) is 0.952. The second kappa shape index (κ2) is 5.79. The fourth-order valence-corrected chi connectivity index (χ4v) is 4.83. The van der Waals surface area contributed by atoms with E-state index in [4.69, 9.17) is 0 Å². The number of benzene rings is 2. The Labute approximate surface area is 127 Å². The average molecular weight is 323 g/mol. The molecule has 2 aromatic carbocycles. The van der Waals surface area contributed by atoms with Crippen LogP contribution in [0.1, 0.15) is 18.0 Å². The second-order valence-corrected chi connectivity index (χ2v) is 7.60. The molecule has 0 fully saturated rings. The summed E-state index contributed by atoms with van der Waals surface area (Å²) in [7, 11) is -3.87. The molecule has 3 nitrogen and oxygen atoms in total. The molecule has 0 amide bonds. The molecule has 21 heavy (non-hydrogen) atoms. The highest BCUT2D eigenvalue weighted by Crippen LogP contribution is 2.36. The van der Waals surface area contributed by atoms with Crippen LogP contribution in [0.5, 0.6) is 0 Å². The predicted octanol–water partition coefficient (Wildman–Crippen LogP) is 3.34. The molecule has 0 aliphatic carbocycles. The zero-order valence-corrected chi connectivity index (χ0v) is 12.8. The monoisotopic (exact) mass is 323 g/mol. The van der Waals surface area contributed by atoms with Gasteiger partial charge in [-0.3, -0.25) is 0 Å². The van der Waals surface area contributed by atoms with E-state index in [1.165, 1.54) is 18.2 Å². The summed E-state index contributed by atoms with van der Waals surface area (Å²) in [5, 5.41) is 0. The van der Waals surface area contributed by atoms with E-state index in [0.29, 0.717) is 6.42 Å². The molecule has 3 rings (SSSR count). The van der Waals surface area contributed by atoms with Gasteiger partial charge in [0.1, 0.15) is 10.7 Å².